The molecule has 0 bridgehead atoms. The smallest absolute Gasteiger partial charge is 0.116 e. The molecule has 0 amide bonds. The topological polar surface area (TPSA) is 80.9 Å². The van der Waals surface area contributed by atoms with Gasteiger partial charge in [-0.25, -0.2) is 0 Å². The summed E-state index contributed by atoms with van der Waals surface area (Å²) in [6.45, 7) is -0.538. The van der Waals surface area contributed by atoms with Crippen molar-refractivity contribution in [3.63, 3.8) is 0 Å². The predicted molar refractivity (Wildman–Crippen MR) is 53.9 cm³/mol. The van der Waals surface area contributed by atoms with Crippen molar-refractivity contribution in [3.8, 4) is 5.75 Å². The molecule has 5 heteroatoms. The molecule has 2 unspecified atom stereocenters. The van der Waals surface area contributed by atoms with Crippen molar-refractivity contribution < 1.29 is 20.4 Å². The number of phenols is 1. The number of hydrogen-bond acceptors (Lipinski definition) is 4. The largest absolute Gasteiger partial charge is 0.508 e. The lowest BCUT2D eigenvalue weighted by Gasteiger charge is -2.17. The van der Waals surface area contributed by atoms with Crippen LogP contribution < -0.4 is 0 Å². The normalized spacial score (nSPS) is 15.1. The van der Waals surface area contributed by atoms with Gasteiger partial charge in [0.2, 0.25) is 0 Å². The van der Waals surface area contributed by atoms with E-state index in [1.54, 1.807) is 6.07 Å². The lowest BCUT2D eigenvalue weighted by atomic mass is 10.0. The summed E-state index contributed by atoms with van der Waals surface area (Å²) in [7, 11) is 0. The van der Waals surface area contributed by atoms with Crippen molar-refractivity contribution in [1.29, 1.82) is 0 Å². The van der Waals surface area contributed by atoms with Gasteiger partial charge in [0.15, 0.2) is 0 Å². The van der Waals surface area contributed by atoms with E-state index in [9.17, 15) is 10.2 Å². The van der Waals surface area contributed by atoms with E-state index in [-0.39, 0.29) is 5.75 Å². The van der Waals surface area contributed by atoms with Gasteiger partial charge in [-0.15, -0.1) is 0 Å². The Morgan fingerprint density at radius 2 is 1.93 bits per heavy atom. The minimum absolute atomic E-state index is 0.00705. The van der Waals surface area contributed by atoms with Crippen molar-refractivity contribution in [2.45, 2.75) is 12.2 Å². The van der Waals surface area contributed by atoms with Crippen LogP contribution in [-0.2, 0) is 0 Å². The molecule has 4 N–H and O–H groups in total. The standard InChI is InChI=1S/C9H11BrO4/c10-7-2-1-5(12)3-6(7)9(14)8(13)4-11/h1-3,8-9,11-14H,4H2. The first-order chi connectivity index (χ1) is 6.56. The molecule has 0 aromatic heterocycles. The molecule has 0 heterocycles. The second kappa shape index (κ2) is 4.75. The minimum atomic E-state index is -1.26. The highest BCUT2D eigenvalue weighted by Crippen LogP contribution is 2.28. The maximum absolute atomic E-state index is 9.54. The zero-order valence-electron chi connectivity index (χ0n) is 7.26. The molecule has 0 radical (unpaired) electrons. The molecule has 1 aromatic rings. The molecule has 0 aliphatic rings. The molecule has 78 valence electrons. The van der Waals surface area contributed by atoms with E-state index in [4.69, 9.17) is 10.2 Å². The average Bonchev–Trinajstić information content (AvgIpc) is 2.19. The van der Waals surface area contributed by atoms with Crippen LogP contribution in [0, 0.1) is 0 Å². The summed E-state index contributed by atoms with van der Waals surface area (Å²) in [6.07, 6.45) is -2.48. The van der Waals surface area contributed by atoms with E-state index < -0.39 is 18.8 Å². The molecular formula is C9H11BrO4. The van der Waals surface area contributed by atoms with Gasteiger partial charge in [-0.3, -0.25) is 0 Å². The van der Waals surface area contributed by atoms with Gasteiger partial charge in [-0.1, -0.05) is 15.9 Å². The van der Waals surface area contributed by atoms with Crippen LogP contribution in [0.1, 0.15) is 11.7 Å². The zero-order chi connectivity index (χ0) is 10.7. The molecule has 0 spiro atoms. The maximum atomic E-state index is 9.54. The second-order valence-corrected chi connectivity index (χ2v) is 3.75. The van der Waals surface area contributed by atoms with Gasteiger partial charge >= 0.3 is 0 Å². The lowest BCUT2D eigenvalue weighted by molar-refractivity contribution is -0.0156. The van der Waals surface area contributed by atoms with Crippen LogP contribution in [0.5, 0.6) is 5.75 Å². The van der Waals surface area contributed by atoms with Crippen LogP contribution in [0.4, 0.5) is 0 Å². The number of aliphatic hydroxyl groups is 3. The predicted octanol–water partition coefficient (Wildman–Crippen LogP) is 0.541. The van der Waals surface area contributed by atoms with Crippen molar-refractivity contribution in [3.05, 3.63) is 28.2 Å². The molecule has 0 saturated carbocycles. The number of hydrogen-bond donors (Lipinski definition) is 4. The third kappa shape index (κ3) is 2.45. The van der Waals surface area contributed by atoms with Crippen LogP contribution in [0.2, 0.25) is 0 Å². The molecule has 2 atom stereocenters. The zero-order valence-corrected chi connectivity index (χ0v) is 8.85. The van der Waals surface area contributed by atoms with Gasteiger partial charge < -0.3 is 20.4 Å². The van der Waals surface area contributed by atoms with Crippen LogP contribution >= 0.6 is 15.9 Å². The highest BCUT2D eigenvalue weighted by atomic mass is 79.9. The summed E-state index contributed by atoms with van der Waals surface area (Å²) in [5.41, 5.74) is 0.339. The number of benzene rings is 1. The summed E-state index contributed by atoms with van der Waals surface area (Å²) >= 11 is 3.16. The van der Waals surface area contributed by atoms with E-state index >= 15 is 0 Å². The van der Waals surface area contributed by atoms with Gasteiger partial charge in [0, 0.05) is 10.0 Å². The fourth-order valence-electron chi connectivity index (χ4n) is 1.06. The maximum Gasteiger partial charge on any atom is 0.116 e. The van der Waals surface area contributed by atoms with Gasteiger partial charge in [-0.05, 0) is 18.2 Å². The van der Waals surface area contributed by atoms with E-state index in [1.165, 1.54) is 12.1 Å². The third-order valence-corrected chi connectivity index (χ3v) is 2.57. The minimum Gasteiger partial charge on any atom is -0.508 e. The molecule has 1 aromatic carbocycles. The second-order valence-electron chi connectivity index (χ2n) is 2.90. The first-order valence-electron chi connectivity index (χ1n) is 4.01. The number of aromatic hydroxyl groups is 1. The Balaban J connectivity index is 2.99. The van der Waals surface area contributed by atoms with E-state index in [0.29, 0.717) is 10.0 Å². The van der Waals surface area contributed by atoms with Crippen LogP contribution in [0.15, 0.2) is 22.7 Å². The number of phenolic OH excluding ortho intramolecular Hbond substituents is 1. The van der Waals surface area contributed by atoms with Crippen molar-refractivity contribution >= 4 is 15.9 Å². The summed E-state index contributed by atoms with van der Waals surface area (Å²) in [4.78, 5) is 0. The van der Waals surface area contributed by atoms with Gasteiger partial charge in [-0.2, -0.15) is 0 Å². The summed E-state index contributed by atoms with van der Waals surface area (Å²) in [5.74, 6) is -0.00705. The van der Waals surface area contributed by atoms with Crippen LogP contribution in [0.25, 0.3) is 0 Å². The number of aliphatic hydroxyl groups excluding tert-OH is 3. The van der Waals surface area contributed by atoms with Crippen molar-refractivity contribution in [1.82, 2.24) is 0 Å². The summed E-state index contributed by atoms with van der Waals surface area (Å²) in [6, 6.07) is 4.33. The Kier molecular flexibility index (Phi) is 3.88. The Bertz CT molecular complexity index is 316. The Morgan fingerprint density at radius 3 is 2.50 bits per heavy atom. The highest BCUT2D eigenvalue weighted by molar-refractivity contribution is 9.10. The first-order valence-corrected chi connectivity index (χ1v) is 4.81. The molecule has 0 aliphatic heterocycles. The van der Waals surface area contributed by atoms with Gasteiger partial charge in [0.25, 0.3) is 0 Å². The van der Waals surface area contributed by atoms with Crippen molar-refractivity contribution in [2.75, 3.05) is 6.61 Å². The quantitative estimate of drug-likeness (QED) is 0.641. The first kappa shape index (κ1) is 11.5. The molecule has 0 aliphatic carbocycles. The molecule has 0 fully saturated rings. The molecule has 0 saturated heterocycles. The fourth-order valence-corrected chi connectivity index (χ4v) is 1.55. The lowest BCUT2D eigenvalue weighted by Crippen LogP contribution is -2.22. The number of halogens is 1. The molecule has 1 rings (SSSR count). The molecule has 4 nitrogen and oxygen atoms in total. The van der Waals surface area contributed by atoms with Crippen LogP contribution in [-0.4, -0.2) is 33.1 Å². The summed E-state index contributed by atoms with van der Waals surface area (Å²) < 4.78 is 0.565. The third-order valence-electron chi connectivity index (χ3n) is 1.85. The molecular weight excluding hydrogens is 252 g/mol. The van der Waals surface area contributed by atoms with Crippen LogP contribution in [0.3, 0.4) is 0 Å². The van der Waals surface area contributed by atoms with Crippen molar-refractivity contribution in [2.24, 2.45) is 0 Å². The monoisotopic (exact) mass is 262 g/mol. The number of rotatable bonds is 3. The van der Waals surface area contributed by atoms with Gasteiger partial charge in [0.1, 0.15) is 18.0 Å². The van der Waals surface area contributed by atoms with E-state index in [0.717, 1.165) is 0 Å². The Hall–Kier alpha value is -0.620. The Labute approximate surface area is 89.6 Å². The van der Waals surface area contributed by atoms with E-state index in [1.807, 2.05) is 0 Å². The Morgan fingerprint density at radius 1 is 1.29 bits per heavy atom. The summed E-state index contributed by atoms with van der Waals surface area (Å²) in [5, 5.41) is 36.5. The van der Waals surface area contributed by atoms with E-state index in [2.05, 4.69) is 15.9 Å². The highest BCUT2D eigenvalue weighted by Gasteiger charge is 2.20. The van der Waals surface area contributed by atoms with Gasteiger partial charge in [0.05, 0.1) is 6.61 Å². The molecule has 14 heavy (non-hydrogen) atoms. The average molecular weight is 263 g/mol. The fraction of sp³-hybridized carbons (Fsp3) is 0.333. The SMILES string of the molecule is OCC(O)C(O)c1cc(O)ccc1Br.